The zero-order valence-corrected chi connectivity index (χ0v) is 14.1. The zero-order valence-electron chi connectivity index (χ0n) is 11.7. The largest absolute Gasteiger partial charge is 0.303 e. The van der Waals surface area contributed by atoms with Crippen LogP contribution in [0.3, 0.4) is 0 Å². The van der Waals surface area contributed by atoms with Gasteiger partial charge in [-0.05, 0) is 48.7 Å². The highest BCUT2D eigenvalue weighted by Gasteiger charge is 2.14. The molecule has 3 heteroatoms. The van der Waals surface area contributed by atoms with Crippen LogP contribution in [0.2, 0.25) is 5.02 Å². The Labute approximate surface area is 134 Å². The van der Waals surface area contributed by atoms with Crippen LogP contribution in [-0.4, -0.2) is 0 Å². The number of nitrogens with one attached hydrogen (secondary N) is 1. The predicted octanol–water partition coefficient (Wildman–Crippen LogP) is 5.90. The summed E-state index contributed by atoms with van der Waals surface area (Å²) in [4.78, 5) is 0. The van der Waals surface area contributed by atoms with Gasteiger partial charge in [0.25, 0.3) is 0 Å². The number of halogens is 2. The summed E-state index contributed by atoms with van der Waals surface area (Å²) in [7, 11) is 0. The molecule has 0 aliphatic heterocycles. The molecule has 0 bridgehead atoms. The van der Waals surface area contributed by atoms with E-state index in [1.54, 1.807) is 0 Å². The highest BCUT2D eigenvalue weighted by atomic mass is 79.9. The fourth-order valence-corrected chi connectivity index (χ4v) is 2.79. The Morgan fingerprint density at radius 3 is 2.40 bits per heavy atom. The molecular weight excluding hydrogens is 334 g/mol. The normalized spacial score (nSPS) is 14.0. The summed E-state index contributed by atoms with van der Waals surface area (Å²) in [6.45, 7) is 4.38. The van der Waals surface area contributed by atoms with Gasteiger partial charge in [-0.1, -0.05) is 58.7 Å². The van der Waals surface area contributed by atoms with Gasteiger partial charge in [0.2, 0.25) is 0 Å². The van der Waals surface area contributed by atoms with Crippen LogP contribution in [0.4, 0.5) is 0 Å². The molecule has 0 aliphatic carbocycles. The Hall–Kier alpha value is -0.830. The van der Waals surface area contributed by atoms with Crippen LogP contribution >= 0.6 is 27.5 Å². The van der Waals surface area contributed by atoms with E-state index in [0.717, 1.165) is 15.9 Å². The second kappa shape index (κ2) is 7.26. The smallest absolute Gasteiger partial charge is 0.0409 e. The fraction of sp³-hybridized carbons (Fsp3) is 0.294. The third-order valence-electron chi connectivity index (χ3n) is 3.48. The van der Waals surface area contributed by atoms with Gasteiger partial charge in [0.1, 0.15) is 0 Å². The first-order valence-corrected chi connectivity index (χ1v) is 8.04. The number of hydrogen-bond donors (Lipinski definition) is 1. The van der Waals surface area contributed by atoms with E-state index >= 15 is 0 Å². The van der Waals surface area contributed by atoms with E-state index in [4.69, 9.17) is 11.6 Å². The summed E-state index contributed by atoms with van der Waals surface area (Å²) in [6, 6.07) is 17.1. The van der Waals surface area contributed by atoms with Gasteiger partial charge in [-0.2, -0.15) is 0 Å². The minimum absolute atomic E-state index is 0.298. The average Bonchev–Trinajstić information content (AvgIpc) is 2.45. The van der Waals surface area contributed by atoms with Crippen molar-refractivity contribution in [1.29, 1.82) is 0 Å². The van der Waals surface area contributed by atoms with Crippen molar-refractivity contribution in [3.05, 3.63) is 69.2 Å². The molecule has 20 heavy (non-hydrogen) atoms. The summed E-state index contributed by atoms with van der Waals surface area (Å²) in [6.07, 6.45) is 1.03. The van der Waals surface area contributed by atoms with Crippen molar-refractivity contribution in [2.24, 2.45) is 0 Å². The van der Waals surface area contributed by atoms with Crippen LogP contribution in [0.15, 0.2) is 53.0 Å². The molecule has 1 N–H and O–H groups in total. The van der Waals surface area contributed by atoms with Crippen LogP contribution in [0, 0.1) is 0 Å². The van der Waals surface area contributed by atoms with Gasteiger partial charge >= 0.3 is 0 Å². The maximum atomic E-state index is 6.08. The van der Waals surface area contributed by atoms with Gasteiger partial charge < -0.3 is 5.32 Å². The van der Waals surface area contributed by atoms with E-state index in [0.29, 0.717) is 12.1 Å². The van der Waals surface area contributed by atoms with Crippen molar-refractivity contribution in [1.82, 2.24) is 5.32 Å². The van der Waals surface area contributed by atoms with Gasteiger partial charge in [0.05, 0.1) is 0 Å². The van der Waals surface area contributed by atoms with Gasteiger partial charge in [-0.25, -0.2) is 0 Å². The molecule has 0 fully saturated rings. The second-order valence-electron chi connectivity index (χ2n) is 4.96. The molecule has 1 nitrogen and oxygen atoms in total. The van der Waals surface area contributed by atoms with Crippen LogP contribution in [-0.2, 0) is 0 Å². The molecule has 2 rings (SSSR count). The van der Waals surface area contributed by atoms with Gasteiger partial charge in [-0.3, -0.25) is 0 Å². The summed E-state index contributed by atoms with van der Waals surface area (Å²) >= 11 is 9.55. The van der Waals surface area contributed by atoms with E-state index in [1.807, 2.05) is 18.2 Å². The Kier molecular flexibility index (Phi) is 5.64. The maximum Gasteiger partial charge on any atom is 0.0409 e. The van der Waals surface area contributed by atoms with E-state index in [2.05, 4.69) is 65.4 Å². The number of hydrogen-bond acceptors (Lipinski definition) is 1. The second-order valence-corrected chi connectivity index (χ2v) is 6.31. The fourth-order valence-electron chi connectivity index (χ4n) is 2.32. The molecule has 0 aromatic heterocycles. The van der Waals surface area contributed by atoms with Crippen molar-refractivity contribution in [2.75, 3.05) is 0 Å². The van der Waals surface area contributed by atoms with Crippen molar-refractivity contribution in [3.63, 3.8) is 0 Å². The molecular formula is C17H19BrClN. The van der Waals surface area contributed by atoms with Crippen LogP contribution in [0.5, 0.6) is 0 Å². The lowest BCUT2D eigenvalue weighted by atomic mass is 10.0. The Morgan fingerprint density at radius 1 is 1.10 bits per heavy atom. The van der Waals surface area contributed by atoms with Gasteiger partial charge in [-0.15, -0.1) is 0 Å². The van der Waals surface area contributed by atoms with Crippen LogP contribution < -0.4 is 5.32 Å². The summed E-state index contributed by atoms with van der Waals surface area (Å²) in [5.74, 6) is 0. The first kappa shape index (κ1) is 15.6. The van der Waals surface area contributed by atoms with Crippen molar-refractivity contribution < 1.29 is 0 Å². The zero-order chi connectivity index (χ0) is 14.5. The molecule has 106 valence electrons. The van der Waals surface area contributed by atoms with Crippen molar-refractivity contribution in [3.8, 4) is 0 Å². The van der Waals surface area contributed by atoms with Crippen LogP contribution in [0.25, 0.3) is 0 Å². The standard InChI is InChI=1S/C17H19BrClN/c1-3-17(14-5-4-6-16(19)11-14)20-12(2)13-7-9-15(18)10-8-13/h4-12,17,20H,3H2,1-2H3. The molecule has 0 saturated carbocycles. The van der Waals surface area contributed by atoms with E-state index < -0.39 is 0 Å². The van der Waals surface area contributed by atoms with E-state index in [9.17, 15) is 0 Å². The molecule has 2 aromatic rings. The van der Waals surface area contributed by atoms with E-state index in [1.165, 1.54) is 11.1 Å². The third kappa shape index (κ3) is 4.08. The van der Waals surface area contributed by atoms with Crippen LogP contribution in [0.1, 0.15) is 43.5 Å². The topological polar surface area (TPSA) is 12.0 Å². The lowest BCUT2D eigenvalue weighted by Crippen LogP contribution is -2.24. The Balaban J connectivity index is 2.11. The molecule has 0 heterocycles. The Morgan fingerprint density at radius 2 is 1.80 bits per heavy atom. The number of benzene rings is 2. The summed E-state index contributed by atoms with van der Waals surface area (Å²) in [5.41, 5.74) is 2.53. The van der Waals surface area contributed by atoms with E-state index in [-0.39, 0.29) is 0 Å². The van der Waals surface area contributed by atoms with Gasteiger partial charge in [0.15, 0.2) is 0 Å². The molecule has 0 aliphatic rings. The molecule has 2 unspecified atom stereocenters. The minimum atomic E-state index is 0.298. The monoisotopic (exact) mass is 351 g/mol. The number of rotatable bonds is 5. The average molecular weight is 353 g/mol. The maximum absolute atomic E-state index is 6.08. The quantitative estimate of drug-likeness (QED) is 0.706. The van der Waals surface area contributed by atoms with Crippen molar-refractivity contribution in [2.45, 2.75) is 32.4 Å². The molecule has 0 saturated heterocycles. The molecule has 0 amide bonds. The SMILES string of the molecule is CCC(NC(C)c1ccc(Br)cc1)c1cccc(Cl)c1. The van der Waals surface area contributed by atoms with Crippen molar-refractivity contribution >= 4 is 27.5 Å². The molecule has 0 spiro atoms. The Bertz CT molecular complexity index is 553. The molecule has 2 atom stereocenters. The molecule has 2 aromatic carbocycles. The third-order valence-corrected chi connectivity index (χ3v) is 4.24. The van der Waals surface area contributed by atoms with Gasteiger partial charge in [0, 0.05) is 21.6 Å². The lowest BCUT2D eigenvalue weighted by Gasteiger charge is -2.23. The highest BCUT2D eigenvalue weighted by molar-refractivity contribution is 9.10. The highest BCUT2D eigenvalue weighted by Crippen LogP contribution is 2.24. The summed E-state index contributed by atoms with van der Waals surface area (Å²) < 4.78 is 1.11. The first-order chi connectivity index (χ1) is 9.60. The predicted molar refractivity (Wildman–Crippen MR) is 90.2 cm³/mol. The molecule has 0 radical (unpaired) electrons. The summed E-state index contributed by atoms with van der Waals surface area (Å²) in [5, 5.41) is 4.46. The minimum Gasteiger partial charge on any atom is -0.303 e. The first-order valence-electron chi connectivity index (χ1n) is 6.87. The lowest BCUT2D eigenvalue weighted by molar-refractivity contribution is 0.456.